The average Bonchev–Trinajstić information content (AvgIpc) is 3.00. The number of aromatic amines is 1. The molecule has 0 aliphatic carbocycles. The van der Waals surface area contributed by atoms with Crippen molar-refractivity contribution in [3.63, 3.8) is 0 Å². The number of hydrogen-bond donors (Lipinski definition) is 2. The van der Waals surface area contributed by atoms with E-state index in [1.807, 2.05) is 0 Å². The highest BCUT2D eigenvalue weighted by molar-refractivity contribution is 7.53. The number of aromatic nitrogens is 2. The van der Waals surface area contributed by atoms with Gasteiger partial charge in [0.15, 0.2) is 12.3 Å². The predicted octanol–water partition coefficient (Wildman–Crippen LogP) is -0.0109. The summed E-state index contributed by atoms with van der Waals surface area (Å²) in [4.78, 5) is 38.2. The molecule has 7 atom stereocenters. The lowest BCUT2D eigenvalue weighted by atomic mass is 9.85. The van der Waals surface area contributed by atoms with Crippen LogP contribution in [0.3, 0.4) is 0 Å². The Labute approximate surface area is 196 Å². The molecule has 14 heteroatoms. The summed E-state index contributed by atoms with van der Waals surface area (Å²) in [5.74, 6) is -1.12. The third-order valence-corrected chi connectivity index (χ3v) is 7.88. The van der Waals surface area contributed by atoms with Gasteiger partial charge in [-0.05, 0) is 20.8 Å². The normalized spacial score (nSPS) is 32.9. The second kappa shape index (κ2) is 10.4. The first-order valence-corrected chi connectivity index (χ1v) is 12.5. The number of esters is 1. The molecule has 3 rings (SSSR count). The van der Waals surface area contributed by atoms with E-state index in [2.05, 4.69) is 4.98 Å². The molecule has 0 amide bonds. The molecule has 192 valence electrons. The van der Waals surface area contributed by atoms with E-state index in [1.165, 1.54) is 31.0 Å². The summed E-state index contributed by atoms with van der Waals surface area (Å²) in [6.07, 6.45) is -2.59. The number of nitrogens with one attached hydrogen (secondary N) is 1. The Balaban J connectivity index is 1.72. The van der Waals surface area contributed by atoms with E-state index in [4.69, 9.17) is 33.7 Å². The van der Waals surface area contributed by atoms with Crippen molar-refractivity contribution in [3.8, 4) is 0 Å². The summed E-state index contributed by atoms with van der Waals surface area (Å²) >= 11 is 0. The number of carbonyl (C=O) groups is 1. The van der Waals surface area contributed by atoms with Gasteiger partial charge in [-0.15, -0.1) is 0 Å². The predicted molar refractivity (Wildman–Crippen MR) is 119 cm³/mol. The van der Waals surface area contributed by atoms with E-state index < -0.39 is 60.8 Å². The van der Waals surface area contributed by atoms with Crippen molar-refractivity contribution in [3.05, 3.63) is 33.1 Å². The number of H-pyrrole nitrogens is 1. The lowest BCUT2D eigenvalue weighted by Crippen LogP contribution is -2.52. The quantitative estimate of drug-likeness (QED) is 0.342. The molecule has 2 fully saturated rings. The lowest BCUT2D eigenvalue weighted by Gasteiger charge is -2.36. The monoisotopic (exact) mass is 505 g/mol. The highest BCUT2D eigenvalue weighted by Crippen LogP contribution is 2.58. The Kier molecular flexibility index (Phi) is 8.18. The van der Waals surface area contributed by atoms with Crippen molar-refractivity contribution in [2.45, 2.75) is 57.0 Å². The number of nitrogens with zero attached hydrogens (tertiary/aromatic N) is 1. The van der Waals surface area contributed by atoms with Gasteiger partial charge in [-0.1, -0.05) is 0 Å². The van der Waals surface area contributed by atoms with Gasteiger partial charge >= 0.3 is 19.3 Å². The highest BCUT2D eigenvalue weighted by atomic mass is 31.2. The van der Waals surface area contributed by atoms with E-state index in [-0.39, 0.29) is 25.5 Å². The van der Waals surface area contributed by atoms with Gasteiger partial charge in [0.25, 0.3) is 5.56 Å². The Morgan fingerprint density at radius 2 is 2.06 bits per heavy atom. The second-order valence-electron chi connectivity index (χ2n) is 8.82. The first-order chi connectivity index (χ1) is 15.9. The number of fused-ring (bicyclic) bond motifs is 1. The molecule has 3 N–H and O–H groups in total. The second-order valence-corrected chi connectivity index (χ2v) is 10.9. The molecule has 0 aromatic carbocycles. The maximum absolute atomic E-state index is 13.4. The van der Waals surface area contributed by atoms with Crippen molar-refractivity contribution in [2.24, 2.45) is 11.7 Å². The molecule has 1 aromatic heterocycles. The van der Waals surface area contributed by atoms with Gasteiger partial charge in [0.05, 0.1) is 37.1 Å². The van der Waals surface area contributed by atoms with Gasteiger partial charge in [-0.25, -0.2) is 9.59 Å². The minimum Gasteiger partial charge on any atom is -0.461 e. The van der Waals surface area contributed by atoms with Crippen molar-refractivity contribution < 1.29 is 37.4 Å². The van der Waals surface area contributed by atoms with Crippen LogP contribution in [0.15, 0.2) is 21.9 Å². The van der Waals surface area contributed by atoms with E-state index in [0.29, 0.717) is 0 Å². The van der Waals surface area contributed by atoms with Crippen LogP contribution in [0.2, 0.25) is 0 Å². The molecule has 1 unspecified atom stereocenters. The summed E-state index contributed by atoms with van der Waals surface area (Å²) in [6.45, 7) is 4.74. The first-order valence-electron chi connectivity index (χ1n) is 10.8. The molecule has 0 saturated carbocycles. The Hall–Kier alpha value is -1.86. The number of methoxy groups -OCH3 is 2. The van der Waals surface area contributed by atoms with Crippen LogP contribution >= 0.6 is 7.60 Å². The Bertz CT molecular complexity index is 1040. The van der Waals surface area contributed by atoms with Gasteiger partial charge in [0.2, 0.25) is 0 Å². The zero-order chi connectivity index (χ0) is 25.3. The molecule has 2 aliphatic rings. The fourth-order valence-electron chi connectivity index (χ4n) is 4.17. The SMILES string of the molecule is CO[C@H](COP1(=O)C[C@@H]2[C@@H](CO1)O[C@@H](n1ccc(=O)[nH]c1=O)[C@]2(C)N)[C@@H](OC)C(=O)OC(C)C. The van der Waals surface area contributed by atoms with Crippen LogP contribution in [0, 0.1) is 5.92 Å². The Morgan fingerprint density at radius 3 is 2.65 bits per heavy atom. The summed E-state index contributed by atoms with van der Waals surface area (Å²) in [5.41, 5.74) is 4.21. The fraction of sp³-hybridized carbons (Fsp3) is 0.750. The zero-order valence-corrected chi connectivity index (χ0v) is 20.7. The van der Waals surface area contributed by atoms with Crippen LogP contribution in [0.5, 0.6) is 0 Å². The molecule has 34 heavy (non-hydrogen) atoms. The molecule has 2 saturated heterocycles. The molecule has 13 nitrogen and oxygen atoms in total. The van der Waals surface area contributed by atoms with Crippen molar-refractivity contribution >= 4 is 13.6 Å². The third-order valence-electron chi connectivity index (χ3n) is 5.96. The number of ether oxygens (including phenoxy) is 4. The van der Waals surface area contributed by atoms with Gasteiger partial charge in [0.1, 0.15) is 6.10 Å². The number of carbonyl (C=O) groups excluding carboxylic acids is 1. The topological polar surface area (TPSA) is 170 Å². The van der Waals surface area contributed by atoms with Crippen molar-refractivity contribution in [1.82, 2.24) is 9.55 Å². The van der Waals surface area contributed by atoms with Crippen molar-refractivity contribution in [2.75, 3.05) is 33.6 Å². The smallest absolute Gasteiger partial charge is 0.338 e. The largest absolute Gasteiger partial charge is 0.461 e. The third kappa shape index (κ3) is 5.51. The summed E-state index contributed by atoms with van der Waals surface area (Å²) in [6, 6.07) is 1.19. The van der Waals surface area contributed by atoms with E-state index in [9.17, 15) is 18.9 Å². The molecule has 2 aliphatic heterocycles. The summed E-state index contributed by atoms with van der Waals surface area (Å²) < 4.78 is 47.4. The van der Waals surface area contributed by atoms with E-state index >= 15 is 0 Å². The standard InChI is InChI=1S/C20H32N3O10P/c1-11(2)32-17(25)16(29-5)14(28-4)9-31-34(27)10-12-13(8-30-34)33-18(20(12,3)21)23-7-6-15(24)22-19(23)26/h6-7,11-14,16,18H,8-10,21H2,1-5H3,(H,22,24,26)/t12-,13-,14-,16-,18-,20-,34?/m1/s1. The minimum absolute atomic E-state index is 0.0793. The molecule has 1 aromatic rings. The van der Waals surface area contributed by atoms with Crippen LogP contribution < -0.4 is 17.0 Å². The molecular weight excluding hydrogens is 473 g/mol. The zero-order valence-electron chi connectivity index (χ0n) is 19.8. The van der Waals surface area contributed by atoms with Gasteiger partial charge in [-0.3, -0.25) is 18.9 Å². The van der Waals surface area contributed by atoms with Crippen LogP contribution in [0.25, 0.3) is 0 Å². The summed E-state index contributed by atoms with van der Waals surface area (Å²) in [7, 11) is -0.973. The number of rotatable bonds is 9. The van der Waals surface area contributed by atoms with Crippen LogP contribution in [0.1, 0.15) is 27.0 Å². The number of hydrogen-bond acceptors (Lipinski definition) is 11. The fourth-order valence-corrected chi connectivity index (χ4v) is 6.32. The van der Waals surface area contributed by atoms with E-state index in [1.54, 1.807) is 20.8 Å². The first kappa shape index (κ1) is 26.7. The van der Waals surface area contributed by atoms with Crippen LogP contribution in [-0.2, 0) is 37.4 Å². The van der Waals surface area contributed by atoms with Gasteiger partial charge < -0.3 is 33.7 Å². The van der Waals surface area contributed by atoms with E-state index in [0.717, 1.165) is 0 Å². The van der Waals surface area contributed by atoms with Crippen LogP contribution in [0.4, 0.5) is 0 Å². The molecule has 0 spiro atoms. The minimum atomic E-state index is -3.67. The molecule has 3 heterocycles. The molecular formula is C20H32N3O10P. The lowest BCUT2D eigenvalue weighted by molar-refractivity contribution is -0.169. The summed E-state index contributed by atoms with van der Waals surface area (Å²) in [5, 5.41) is 0. The maximum Gasteiger partial charge on any atom is 0.338 e. The van der Waals surface area contributed by atoms with Gasteiger partial charge in [-0.2, -0.15) is 0 Å². The molecule has 0 bridgehead atoms. The average molecular weight is 505 g/mol. The number of nitrogens with two attached hydrogens (primary N) is 1. The van der Waals surface area contributed by atoms with Crippen LogP contribution in [-0.4, -0.2) is 79.1 Å². The Morgan fingerprint density at radius 1 is 1.35 bits per heavy atom. The van der Waals surface area contributed by atoms with Gasteiger partial charge in [0, 0.05) is 32.4 Å². The molecule has 0 radical (unpaired) electrons. The maximum atomic E-state index is 13.4. The highest BCUT2D eigenvalue weighted by Gasteiger charge is 2.57. The van der Waals surface area contributed by atoms with Crippen molar-refractivity contribution in [1.29, 1.82) is 0 Å².